The van der Waals surface area contributed by atoms with Crippen LogP contribution in [-0.4, -0.2) is 16.0 Å². The van der Waals surface area contributed by atoms with Crippen LogP contribution in [0.5, 0.6) is 5.75 Å². The van der Waals surface area contributed by atoms with Crippen LogP contribution < -0.4 is 10.5 Å². The van der Waals surface area contributed by atoms with E-state index in [4.69, 9.17) is 15.7 Å². The molecule has 98 valence electrons. The molecule has 2 aromatic rings. The molecule has 1 heterocycles. The largest absolute Gasteiger partial charge is 0.487 e. The Labute approximate surface area is 111 Å². The summed E-state index contributed by atoms with van der Waals surface area (Å²) < 4.78 is 5.61. The standard InChI is InChI=1S/C14H15N3O2/c1-10-3-2-4-12(16-10)9-19-13-7-5-11(6-8-13)14(15)17-18/h2-8,18H,9H2,1H3,(H2,15,17). The number of hydrogen-bond acceptors (Lipinski definition) is 4. The predicted molar refractivity (Wildman–Crippen MR) is 72.3 cm³/mol. The number of pyridine rings is 1. The number of amidine groups is 1. The summed E-state index contributed by atoms with van der Waals surface area (Å²) >= 11 is 0. The van der Waals surface area contributed by atoms with Gasteiger partial charge in [0.15, 0.2) is 5.84 Å². The van der Waals surface area contributed by atoms with Gasteiger partial charge < -0.3 is 15.7 Å². The first-order valence-electron chi connectivity index (χ1n) is 5.82. The lowest BCUT2D eigenvalue weighted by Gasteiger charge is -2.07. The van der Waals surface area contributed by atoms with Gasteiger partial charge in [0.25, 0.3) is 0 Å². The minimum Gasteiger partial charge on any atom is -0.487 e. The minimum atomic E-state index is 0.0758. The molecule has 0 unspecified atom stereocenters. The maximum atomic E-state index is 8.56. The highest BCUT2D eigenvalue weighted by molar-refractivity contribution is 5.97. The summed E-state index contributed by atoms with van der Waals surface area (Å²) in [4.78, 5) is 4.35. The van der Waals surface area contributed by atoms with Gasteiger partial charge in [-0.15, -0.1) is 0 Å². The lowest BCUT2D eigenvalue weighted by Crippen LogP contribution is -2.12. The molecule has 0 bridgehead atoms. The molecule has 0 aliphatic rings. The molecule has 0 fully saturated rings. The number of aryl methyl sites for hydroxylation is 1. The Balaban J connectivity index is 2.00. The Morgan fingerprint density at radius 3 is 2.63 bits per heavy atom. The fourth-order valence-electron chi connectivity index (χ4n) is 1.62. The Morgan fingerprint density at radius 2 is 2.00 bits per heavy atom. The van der Waals surface area contributed by atoms with Crippen molar-refractivity contribution in [3.8, 4) is 5.75 Å². The van der Waals surface area contributed by atoms with Crippen molar-refractivity contribution < 1.29 is 9.94 Å². The monoisotopic (exact) mass is 257 g/mol. The highest BCUT2D eigenvalue weighted by Gasteiger charge is 2.01. The van der Waals surface area contributed by atoms with Crippen LogP contribution in [-0.2, 0) is 6.61 Å². The second-order valence-electron chi connectivity index (χ2n) is 4.07. The average molecular weight is 257 g/mol. The van der Waals surface area contributed by atoms with Crippen molar-refractivity contribution in [1.29, 1.82) is 0 Å². The zero-order valence-electron chi connectivity index (χ0n) is 10.6. The molecule has 5 heteroatoms. The summed E-state index contributed by atoms with van der Waals surface area (Å²) in [5.74, 6) is 0.782. The second-order valence-corrected chi connectivity index (χ2v) is 4.07. The van der Waals surface area contributed by atoms with Crippen LogP contribution in [0.15, 0.2) is 47.6 Å². The number of hydrogen-bond donors (Lipinski definition) is 2. The molecule has 0 saturated heterocycles. The SMILES string of the molecule is Cc1cccc(COc2ccc(C(N)=NO)cc2)n1. The maximum absolute atomic E-state index is 8.56. The molecule has 0 radical (unpaired) electrons. The van der Waals surface area contributed by atoms with Crippen molar-refractivity contribution in [2.24, 2.45) is 10.9 Å². The van der Waals surface area contributed by atoms with E-state index < -0.39 is 0 Å². The molecule has 1 aromatic heterocycles. The lowest BCUT2D eigenvalue weighted by molar-refractivity contribution is 0.301. The van der Waals surface area contributed by atoms with Gasteiger partial charge in [0.2, 0.25) is 0 Å². The van der Waals surface area contributed by atoms with Crippen molar-refractivity contribution >= 4 is 5.84 Å². The number of ether oxygens (including phenoxy) is 1. The van der Waals surface area contributed by atoms with Crippen LogP contribution in [0.1, 0.15) is 17.0 Å². The third-order valence-corrected chi connectivity index (χ3v) is 2.59. The Kier molecular flexibility index (Phi) is 3.97. The van der Waals surface area contributed by atoms with E-state index in [0.29, 0.717) is 17.9 Å². The van der Waals surface area contributed by atoms with Crippen LogP contribution in [0.4, 0.5) is 0 Å². The minimum absolute atomic E-state index is 0.0758. The molecule has 19 heavy (non-hydrogen) atoms. The van der Waals surface area contributed by atoms with Crippen molar-refractivity contribution in [2.75, 3.05) is 0 Å². The first-order valence-corrected chi connectivity index (χ1v) is 5.82. The Bertz CT molecular complexity index is 579. The zero-order valence-corrected chi connectivity index (χ0v) is 10.6. The molecule has 1 aromatic carbocycles. The molecule has 0 amide bonds. The van der Waals surface area contributed by atoms with E-state index >= 15 is 0 Å². The third kappa shape index (κ3) is 3.45. The van der Waals surface area contributed by atoms with Crippen molar-refractivity contribution in [3.63, 3.8) is 0 Å². The van der Waals surface area contributed by atoms with E-state index in [0.717, 1.165) is 11.4 Å². The summed E-state index contributed by atoms with van der Waals surface area (Å²) in [7, 11) is 0. The summed E-state index contributed by atoms with van der Waals surface area (Å²) in [5.41, 5.74) is 7.95. The topological polar surface area (TPSA) is 80.7 Å². The maximum Gasteiger partial charge on any atom is 0.170 e. The Hall–Kier alpha value is -2.56. The van der Waals surface area contributed by atoms with Gasteiger partial charge in [-0.25, -0.2) is 0 Å². The molecule has 0 atom stereocenters. The number of benzene rings is 1. The molecule has 2 rings (SSSR count). The number of oxime groups is 1. The van der Waals surface area contributed by atoms with Gasteiger partial charge in [0, 0.05) is 11.3 Å². The molecular formula is C14H15N3O2. The smallest absolute Gasteiger partial charge is 0.170 e. The second kappa shape index (κ2) is 5.86. The van der Waals surface area contributed by atoms with Gasteiger partial charge in [-0.2, -0.15) is 0 Å². The first-order chi connectivity index (χ1) is 9.19. The molecule has 0 aliphatic heterocycles. The number of nitrogens with zero attached hydrogens (tertiary/aromatic N) is 2. The van der Waals surface area contributed by atoms with E-state index in [1.165, 1.54) is 0 Å². The molecule has 3 N–H and O–H groups in total. The molecule has 0 aliphatic carbocycles. The van der Waals surface area contributed by atoms with Gasteiger partial charge in [0.05, 0.1) is 5.69 Å². The number of nitrogens with two attached hydrogens (primary N) is 1. The van der Waals surface area contributed by atoms with Gasteiger partial charge in [-0.05, 0) is 43.3 Å². The fraction of sp³-hybridized carbons (Fsp3) is 0.143. The van der Waals surface area contributed by atoms with Crippen LogP contribution in [0, 0.1) is 6.92 Å². The zero-order chi connectivity index (χ0) is 13.7. The summed E-state index contributed by atoms with van der Waals surface area (Å²) in [5, 5.41) is 11.5. The first kappa shape index (κ1) is 12.9. The summed E-state index contributed by atoms with van der Waals surface area (Å²) in [6.45, 7) is 2.35. The van der Waals surface area contributed by atoms with Gasteiger partial charge >= 0.3 is 0 Å². The van der Waals surface area contributed by atoms with E-state index in [2.05, 4.69) is 10.1 Å². The molecule has 5 nitrogen and oxygen atoms in total. The highest BCUT2D eigenvalue weighted by atomic mass is 16.5. The lowest BCUT2D eigenvalue weighted by atomic mass is 10.2. The van der Waals surface area contributed by atoms with Crippen LogP contribution in [0.25, 0.3) is 0 Å². The van der Waals surface area contributed by atoms with Crippen molar-refractivity contribution in [1.82, 2.24) is 4.98 Å². The van der Waals surface area contributed by atoms with E-state index in [9.17, 15) is 0 Å². The third-order valence-electron chi connectivity index (χ3n) is 2.59. The average Bonchev–Trinajstić information content (AvgIpc) is 2.45. The van der Waals surface area contributed by atoms with Crippen LogP contribution in [0.3, 0.4) is 0 Å². The van der Waals surface area contributed by atoms with Crippen LogP contribution in [0.2, 0.25) is 0 Å². The van der Waals surface area contributed by atoms with Crippen molar-refractivity contribution in [3.05, 3.63) is 59.4 Å². The van der Waals surface area contributed by atoms with Crippen molar-refractivity contribution in [2.45, 2.75) is 13.5 Å². The highest BCUT2D eigenvalue weighted by Crippen LogP contribution is 2.13. The Morgan fingerprint density at radius 1 is 1.26 bits per heavy atom. The quantitative estimate of drug-likeness (QED) is 0.380. The van der Waals surface area contributed by atoms with Gasteiger partial charge in [0.1, 0.15) is 12.4 Å². The molecule has 0 spiro atoms. The number of rotatable bonds is 4. The summed E-state index contributed by atoms with van der Waals surface area (Å²) in [6.07, 6.45) is 0. The fourth-order valence-corrected chi connectivity index (χ4v) is 1.62. The van der Waals surface area contributed by atoms with E-state index in [1.807, 2.05) is 25.1 Å². The molecule has 0 saturated carbocycles. The van der Waals surface area contributed by atoms with Gasteiger partial charge in [-0.3, -0.25) is 4.98 Å². The van der Waals surface area contributed by atoms with Gasteiger partial charge in [-0.1, -0.05) is 11.2 Å². The van der Waals surface area contributed by atoms with E-state index in [1.54, 1.807) is 24.3 Å². The predicted octanol–water partition coefficient (Wildman–Crippen LogP) is 2.06. The number of aromatic nitrogens is 1. The van der Waals surface area contributed by atoms with Crippen LogP contribution >= 0.6 is 0 Å². The summed E-state index contributed by atoms with van der Waals surface area (Å²) in [6, 6.07) is 12.8. The normalized spacial score (nSPS) is 11.3. The molecular weight excluding hydrogens is 242 g/mol. The van der Waals surface area contributed by atoms with E-state index in [-0.39, 0.29) is 5.84 Å².